The van der Waals surface area contributed by atoms with E-state index in [-0.39, 0.29) is 19.0 Å². The predicted molar refractivity (Wildman–Crippen MR) is 138 cm³/mol. The first kappa shape index (κ1) is 22.7. The lowest BCUT2D eigenvalue weighted by atomic mass is 9.92. The maximum absolute atomic E-state index is 13.4. The quantitative estimate of drug-likeness (QED) is 0.403. The number of rotatable bonds is 6. The van der Waals surface area contributed by atoms with Gasteiger partial charge in [0.05, 0.1) is 11.4 Å². The van der Waals surface area contributed by atoms with E-state index in [1.807, 2.05) is 91.1 Å². The fourth-order valence-electron chi connectivity index (χ4n) is 5.22. The molecule has 1 aliphatic heterocycles. The van der Waals surface area contributed by atoms with Crippen molar-refractivity contribution >= 4 is 17.8 Å². The summed E-state index contributed by atoms with van der Waals surface area (Å²) in [5.74, 6) is -0.794. The molecule has 2 heterocycles. The van der Waals surface area contributed by atoms with Crippen LogP contribution in [0.25, 0.3) is 16.9 Å². The molecule has 1 aromatic heterocycles. The van der Waals surface area contributed by atoms with Crippen LogP contribution in [0, 0.1) is 0 Å². The second kappa shape index (κ2) is 9.05. The van der Waals surface area contributed by atoms with Gasteiger partial charge in [0.2, 0.25) is 5.91 Å². The number of hydrogen-bond donors (Lipinski definition) is 2. The highest BCUT2D eigenvalue weighted by atomic mass is 16.2. The van der Waals surface area contributed by atoms with Crippen LogP contribution < -0.4 is 10.6 Å². The molecule has 8 nitrogen and oxygen atoms in total. The Labute approximate surface area is 213 Å². The molecule has 0 radical (unpaired) electrons. The number of aryl methyl sites for hydroxylation is 1. The van der Waals surface area contributed by atoms with Crippen LogP contribution in [0.1, 0.15) is 23.1 Å². The number of amides is 4. The number of benzene rings is 3. The van der Waals surface area contributed by atoms with Gasteiger partial charge < -0.3 is 10.6 Å². The van der Waals surface area contributed by atoms with Crippen molar-refractivity contribution in [3.63, 3.8) is 0 Å². The molecule has 0 saturated carbocycles. The maximum Gasteiger partial charge on any atom is 0.325 e. The van der Waals surface area contributed by atoms with E-state index in [0.29, 0.717) is 12.8 Å². The molecule has 184 valence electrons. The highest BCUT2D eigenvalue weighted by molar-refractivity contribution is 6.09. The number of aromatic nitrogens is 2. The van der Waals surface area contributed by atoms with Gasteiger partial charge in [-0.2, -0.15) is 5.10 Å². The van der Waals surface area contributed by atoms with Crippen molar-refractivity contribution < 1.29 is 14.4 Å². The molecule has 1 fully saturated rings. The molecule has 2 aliphatic rings. The lowest BCUT2D eigenvalue weighted by Crippen LogP contribution is -2.43. The third kappa shape index (κ3) is 3.96. The fourth-order valence-corrected chi connectivity index (χ4v) is 5.22. The van der Waals surface area contributed by atoms with Gasteiger partial charge in [-0.3, -0.25) is 14.5 Å². The van der Waals surface area contributed by atoms with E-state index in [4.69, 9.17) is 5.10 Å². The van der Waals surface area contributed by atoms with Gasteiger partial charge in [-0.15, -0.1) is 0 Å². The van der Waals surface area contributed by atoms with E-state index >= 15 is 0 Å². The van der Waals surface area contributed by atoms with Gasteiger partial charge in [0, 0.05) is 23.9 Å². The maximum atomic E-state index is 13.4. The zero-order valence-electron chi connectivity index (χ0n) is 20.1. The number of hydrogen-bond acceptors (Lipinski definition) is 4. The number of nitrogens with zero attached hydrogens (tertiary/aromatic N) is 3. The molecular weight excluding hydrogens is 466 g/mol. The summed E-state index contributed by atoms with van der Waals surface area (Å²) in [6.45, 7) is -0.143. The van der Waals surface area contributed by atoms with Crippen LogP contribution in [-0.4, -0.2) is 39.1 Å². The number of nitrogens with one attached hydrogen (secondary N) is 2. The Kier molecular flexibility index (Phi) is 5.56. The number of carbonyl (C=O) groups excluding carboxylic acids is 3. The summed E-state index contributed by atoms with van der Waals surface area (Å²) in [6.07, 6.45) is 3.08. The first-order valence-electron chi connectivity index (χ1n) is 12.2. The number of urea groups is 1. The molecular formula is C29H25N5O3. The minimum absolute atomic E-state index is 0.202. The van der Waals surface area contributed by atoms with Crippen LogP contribution in [0.4, 0.5) is 4.79 Å². The Hall–Kier alpha value is -4.72. The highest BCUT2D eigenvalue weighted by Crippen LogP contribution is 2.41. The summed E-state index contributed by atoms with van der Waals surface area (Å²) in [5, 5.41) is 10.5. The van der Waals surface area contributed by atoms with E-state index < -0.39 is 17.5 Å². The molecule has 1 saturated heterocycles. The highest BCUT2D eigenvalue weighted by Gasteiger charge is 2.55. The van der Waals surface area contributed by atoms with Crippen molar-refractivity contribution in [3.8, 4) is 16.9 Å². The Balaban J connectivity index is 1.19. The average Bonchev–Trinajstić information content (AvgIpc) is 3.60. The Morgan fingerprint density at radius 1 is 0.946 bits per heavy atom. The predicted octanol–water partition coefficient (Wildman–Crippen LogP) is 3.55. The second-order valence-corrected chi connectivity index (χ2v) is 9.31. The van der Waals surface area contributed by atoms with Crippen LogP contribution in [-0.2, 0) is 28.1 Å². The van der Waals surface area contributed by atoms with Crippen LogP contribution in [0.5, 0.6) is 0 Å². The molecule has 0 bridgehead atoms. The van der Waals surface area contributed by atoms with Gasteiger partial charge in [0.15, 0.2) is 0 Å². The van der Waals surface area contributed by atoms with Crippen LogP contribution in [0.3, 0.4) is 0 Å². The largest absolute Gasteiger partial charge is 0.350 e. The summed E-state index contributed by atoms with van der Waals surface area (Å²) in [5.41, 5.74) is 4.19. The first-order valence-corrected chi connectivity index (χ1v) is 12.2. The van der Waals surface area contributed by atoms with Crippen molar-refractivity contribution in [1.82, 2.24) is 25.3 Å². The summed E-state index contributed by atoms with van der Waals surface area (Å²) in [6, 6.07) is 26.6. The minimum Gasteiger partial charge on any atom is -0.350 e. The third-order valence-corrected chi connectivity index (χ3v) is 7.06. The Morgan fingerprint density at radius 2 is 1.65 bits per heavy atom. The molecule has 1 aliphatic carbocycles. The summed E-state index contributed by atoms with van der Waals surface area (Å²) in [7, 11) is 0. The number of carbonyl (C=O) groups is 3. The van der Waals surface area contributed by atoms with Crippen molar-refractivity contribution in [2.24, 2.45) is 0 Å². The minimum atomic E-state index is -1.08. The molecule has 4 aromatic rings. The first-order chi connectivity index (χ1) is 18.0. The van der Waals surface area contributed by atoms with Crippen molar-refractivity contribution in [2.45, 2.75) is 24.9 Å². The average molecular weight is 492 g/mol. The topological polar surface area (TPSA) is 96.3 Å². The van der Waals surface area contributed by atoms with Crippen LogP contribution >= 0.6 is 0 Å². The van der Waals surface area contributed by atoms with Gasteiger partial charge >= 0.3 is 6.03 Å². The molecule has 1 spiro atoms. The standard InChI is InChI=1S/C29H25N5O3/c35-25(19-33-27(36)29(31-28(33)37)16-15-20-9-7-8-14-24(20)29)30-17-22-18-34(23-12-5-2-6-13-23)32-26(22)21-10-3-1-4-11-21/h1-14,18H,15-17,19H2,(H,30,35)(H,31,37). The van der Waals surface area contributed by atoms with Crippen molar-refractivity contribution in [2.75, 3.05) is 6.54 Å². The van der Waals surface area contributed by atoms with E-state index in [1.54, 1.807) is 4.68 Å². The van der Waals surface area contributed by atoms with E-state index in [0.717, 1.165) is 38.5 Å². The van der Waals surface area contributed by atoms with E-state index in [2.05, 4.69) is 10.6 Å². The normalized spacial score (nSPS) is 18.2. The molecule has 8 heteroatoms. The van der Waals surface area contributed by atoms with Gasteiger partial charge in [0.25, 0.3) is 5.91 Å². The third-order valence-electron chi connectivity index (χ3n) is 7.06. The van der Waals surface area contributed by atoms with Gasteiger partial charge in [-0.05, 0) is 36.1 Å². The summed E-state index contributed by atoms with van der Waals surface area (Å²) in [4.78, 5) is 40.1. The molecule has 1 unspecified atom stereocenters. The lowest BCUT2D eigenvalue weighted by molar-refractivity contribution is -0.135. The number of fused-ring (bicyclic) bond motifs is 2. The van der Waals surface area contributed by atoms with Crippen molar-refractivity contribution in [3.05, 3.63) is 108 Å². The van der Waals surface area contributed by atoms with Crippen molar-refractivity contribution in [1.29, 1.82) is 0 Å². The van der Waals surface area contributed by atoms with Gasteiger partial charge in [-0.25, -0.2) is 9.48 Å². The molecule has 37 heavy (non-hydrogen) atoms. The Bertz CT molecular complexity index is 1500. The number of para-hydroxylation sites is 1. The van der Waals surface area contributed by atoms with Crippen LogP contribution in [0.15, 0.2) is 91.1 Å². The number of imide groups is 1. The van der Waals surface area contributed by atoms with Gasteiger partial charge in [-0.1, -0.05) is 72.8 Å². The molecule has 1 atom stereocenters. The van der Waals surface area contributed by atoms with Crippen LogP contribution in [0.2, 0.25) is 0 Å². The van der Waals surface area contributed by atoms with Gasteiger partial charge in [0.1, 0.15) is 12.1 Å². The lowest BCUT2D eigenvalue weighted by Gasteiger charge is -2.22. The molecule has 3 aromatic carbocycles. The molecule has 6 rings (SSSR count). The zero-order chi connectivity index (χ0) is 25.4. The summed E-state index contributed by atoms with van der Waals surface area (Å²) < 4.78 is 1.78. The molecule has 4 amide bonds. The van der Waals surface area contributed by atoms with E-state index in [1.165, 1.54) is 0 Å². The summed E-state index contributed by atoms with van der Waals surface area (Å²) >= 11 is 0. The SMILES string of the molecule is O=C(CN1C(=O)NC2(CCc3ccccc32)C1=O)NCc1cn(-c2ccccc2)nc1-c1ccccc1. The fraction of sp³-hybridized carbons (Fsp3) is 0.172. The second-order valence-electron chi connectivity index (χ2n) is 9.31. The monoisotopic (exact) mass is 491 g/mol. The molecule has 2 N–H and O–H groups in total. The Morgan fingerprint density at radius 3 is 2.43 bits per heavy atom. The smallest absolute Gasteiger partial charge is 0.325 e. The van der Waals surface area contributed by atoms with E-state index in [9.17, 15) is 14.4 Å². The zero-order valence-corrected chi connectivity index (χ0v) is 20.1.